The Labute approximate surface area is 186 Å². The average Bonchev–Trinajstić information content (AvgIpc) is 3.36. The Kier molecular flexibility index (Phi) is 6.32. The van der Waals surface area contributed by atoms with Gasteiger partial charge in [0.25, 0.3) is 5.91 Å². The number of alkyl halides is 3. The van der Waals surface area contributed by atoms with Crippen molar-refractivity contribution in [1.29, 1.82) is 0 Å². The standard InChI is InChI=1S/C22H20F3N3O5/c23-22(24,25)33-15-5-3-14(4-6-15)20(30)27-16(10-13-2-1-8-26-11-13)21(31)28-9-7-18-19(28)17(29)12-32-18/h1-6,8,11,16,18-19H,7,9-10,12H2,(H,27,30). The van der Waals surface area contributed by atoms with Gasteiger partial charge in [0.1, 0.15) is 24.4 Å². The summed E-state index contributed by atoms with van der Waals surface area (Å²) in [5, 5.41) is 2.65. The van der Waals surface area contributed by atoms with E-state index >= 15 is 0 Å². The molecule has 174 valence electrons. The molecule has 0 radical (unpaired) electrons. The van der Waals surface area contributed by atoms with E-state index in [1.54, 1.807) is 24.5 Å². The van der Waals surface area contributed by atoms with Gasteiger partial charge in [0.15, 0.2) is 5.78 Å². The maximum atomic E-state index is 13.4. The predicted molar refractivity (Wildman–Crippen MR) is 107 cm³/mol. The van der Waals surface area contributed by atoms with Crippen molar-refractivity contribution in [3.8, 4) is 5.75 Å². The molecule has 0 saturated carbocycles. The van der Waals surface area contributed by atoms with Gasteiger partial charge in [-0.3, -0.25) is 19.4 Å². The van der Waals surface area contributed by atoms with E-state index < -0.39 is 36.0 Å². The number of likely N-dealkylation sites (tertiary alicyclic amines) is 1. The van der Waals surface area contributed by atoms with Gasteiger partial charge < -0.3 is 19.7 Å². The van der Waals surface area contributed by atoms with Crippen LogP contribution in [0.3, 0.4) is 0 Å². The summed E-state index contributed by atoms with van der Waals surface area (Å²) in [6.45, 7) is 0.272. The first-order valence-corrected chi connectivity index (χ1v) is 10.2. The number of nitrogens with zero attached hydrogens (tertiary/aromatic N) is 2. The van der Waals surface area contributed by atoms with Crippen molar-refractivity contribution in [2.24, 2.45) is 0 Å². The third-order valence-corrected chi connectivity index (χ3v) is 5.51. The maximum absolute atomic E-state index is 13.4. The molecule has 2 aliphatic rings. The minimum absolute atomic E-state index is 0.0492. The number of Topliss-reactive ketones (excluding diaryl/α,β-unsaturated/α-hetero) is 1. The normalized spacial score (nSPS) is 20.9. The minimum Gasteiger partial charge on any atom is -0.406 e. The van der Waals surface area contributed by atoms with Crippen LogP contribution in [0.1, 0.15) is 22.3 Å². The number of amides is 2. The van der Waals surface area contributed by atoms with Crippen LogP contribution in [-0.4, -0.2) is 65.2 Å². The van der Waals surface area contributed by atoms with Gasteiger partial charge in [0, 0.05) is 30.9 Å². The Balaban J connectivity index is 1.52. The molecular weight excluding hydrogens is 443 g/mol. The van der Waals surface area contributed by atoms with Crippen molar-refractivity contribution >= 4 is 17.6 Å². The summed E-state index contributed by atoms with van der Waals surface area (Å²) < 4.78 is 46.3. The second kappa shape index (κ2) is 9.18. The largest absolute Gasteiger partial charge is 0.573 e. The zero-order valence-corrected chi connectivity index (χ0v) is 17.2. The number of aromatic nitrogens is 1. The number of benzene rings is 1. The molecule has 1 aromatic carbocycles. The van der Waals surface area contributed by atoms with Crippen LogP contribution in [0.2, 0.25) is 0 Å². The van der Waals surface area contributed by atoms with Crippen molar-refractivity contribution in [3.63, 3.8) is 0 Å². The molecule has 1 N–H and O–H groups in total. The third-order valence-electron chi connectivity index (χ3n) is 5.51. The van der Waals surface area contributed by atoms with Crippen LogP contribution in [0.15, 0.2) is 48.8 Å². The van der Waals surface area contributed by atoms with Gasteiger partial charge in [0.05, 0.1) is 6.10 Å². The van der Waals surface area contributed by atoms with Crippen molar-refractivity contribution in [2.75, 3.05) is 13.2 Å². The van der Waals surface area contributed by atoms with Gasteiger partial charge in [0.2, 0.25) is 5.91 Å². The van der Waals surface area contributed by atoms with Crippen LogP contribution >= 0.6 is 0 Å². The number of hydrogen-bond acceptors (Lipinski definition) is 6. The first-order chi connectivity index (χ1) is 15.7. The Morgan fingerprint density at radius 3 is 2.67 bits per heavy atom. The molecule has 8 nitrogen and oxygen atoms in total. The second-order valence-electron chi connectivity index (χ2n) is 7.74. The Morgan fingerprint density at radius 1 is 1.24 bits per heavy atom. The van der Waals surface area contributed by atoms with E-state index in [0.717, 1.165) is 12.1 Å². The van der Waals surface area contributed by atoms with Crippen LogP contribution in [0.25, 0.3) is 0 Å². The maximum Gasteiger partial charge on any atom is 0.573 e. The molecule has 2 aliphatic heterocycles. The molecule has 11 heteroatoms. The molecule has 4 rings (SSSR count). The van der Waals surface area contributed by atoms with Crippen LogP contribution in [0.5, 0.6) is 5.75 Å². The lowest BCUT2D eigenvalue weighted by molar-refractivity contribution is -0.274. The lowest BCUT2D eigenvalue weighted by Gasteiger charge is -2.27. The number of nitrogens with one attached hydrogen (secondary N) is 1. The van der Waals surface area contributed by atoms with Crippen molar-refractivity contribution in [1.82, 2.24) is 15.2 Å². The molecule has 1 aromatic heterocycles. The van der Waals surface area contributed by atoms with Crippen LogP contribution in [-0.2, 0) is 20.7 Å². The molecule has 2 fully saturated rings. The van der Waals surface area contributed by atoms with Gasteiger partial charge in [-0.05, 0) is 42.3 Å². The van der Waals surface area contributed by atoms with Crippen molar-refractivity contribution in [3.05, 3.63) is 59.9 Å². The van der Waals surface area contributed by atoms with E-state index in [2.05, 4.69) is 15.0 Å². The van der Waals surface area contributed by atoms with E-state index in [-0.39, 0.29) is 30.5 Å². The molecule has 3 heterocycles. The van der Waals surface area contributed by atoms with Crippen molar-refractivity contribution < 1.29 is 37.0 Å². The van der Waals surface area contributed by atoms with Gasteiger partial charge in [-0.1, -0.05) is 6.07 Å². The van der Waals surface area contributed by atoms with Gasteiger partial charge in [-0.15, -0.1) is 13.2 Å². The first kappa shape index (κ1) is 22.7. The fourth-order valence-electron chi connectivity index (χ4n) is 4.05. The number of halogens is 3. The molecule has 33 heavy (non-hydrogen) atoms. The molecule has 0 spiro atoms. The zero-order chi connectivity index (χ0) is 23.6. The van der Waals surface area contributed by atoms with E-state index in [1.165, 1.54) is 17.0 Å². The predicted octanol–water partition coefficient (Wildman–Crippen LogP) is 1.89. The summed E-state index contributed by atoms with van der Waals surface area (Å²) in [4.78, 5) is 43.8. The number of rotatable bonds is 6. The number of fused-ring (bicyclic) bond motifs is 1. The quantitative estimate of drug-likeness (QED) is 0.703. The highest BCUT2D eigenvalue weighted by Gasteiger charge is 2.48. The molecule has 3 unspecified atom stereocenters. The number of ether oxygens (including phenoxy) is 2. The monoisotopic (exact) mass is 463 g/mol. The van der Waals surface area contributed by atoms with E-state index in [9.17, 15) is 27.6 Å². The fourth-order valence-corrected chi connectivity index (χ4v) is 4.05. The average molecular weight is 463 g/mol. The molecule has 0 aliphatic carbocycles. The Bertz CT molecular complexity index is 1030. The highest BCUT2D eigenvalue weighted by Crippen LogP contribution is 2.28. The number of carbonyl (C=O) groups excluding carboxylic acids is 3. The van der Waals surface area contributed by atoms with E-state index in [0.29, 0.717) is 18.5 Å². The lowest BCUT2D eigenvalue weighted by atomic mass is 10.0. The SMILES string of the molecule is O=C(NC(Cc1cccnc1)C(=O)N1CCC2OCC(=O)C21)c1ccc(OC(F)(F)F)cc1. The third kappa shape index (κ3) is 5.30. The second-order valence-corrected chi connectivity index (χ2v) is 7.74. The topological polar surface area (TPSA) is 97.8 Å². The summed E-state index contributed by atoms with van der Waals surface area (Å²) in [5.74, 6) is -1.74. The minimum atomic E-state index is -4.85. The Morgan fingerprint density at radius 2 is 2.00 bits per heavy atom. The summed E-state index contributed by atoms with van der Waals surface area (Å²) >= 11 is 0. The highest BCUT2D eigenvalue weighted by atomic mass is 19.4. The smallest absolute Gasteiger partial charge is 0.406 e. The first-order valence-electron chi connectivity index (χ1n) is 10.2. The summed E-state index contributed by atoms with van der Waals surface area (Å²) in [6.07, 6.45) is -1.42. The van der Waals surface area contributed by atoms with E-state index in [1.807, 2.05) is 0 Å². The summed E-state index contributed by atoms with van der Waals surface area (Å²) in [6, 6.07) is 6.12. The molecule has 2 aromatic rings. The molecule has 0 bridgehead atoms. The number of pyridine rings is 1. The van der Waals surface area contributed by atoms with Gasteiger partial charge in [-0.25, -0.2) is 0 Å². The van der Waals surface area contributed by atoms with Gasteiger partial charge >= 0.3 is 6.36 Å². The Hall–Kier alpha value is -3.47. The van der Waals surface area contributed by atoms with Gasteiger partial charge in [-0.2, -0.15) is 0 Å². The summed E-state index contributed by atoms with van der Waals surface area (Å²) in [5.41, 5.74) is 0.739. The van der Waals surface area contributed by atoms with Crippen molar-refractivity contribution in [2.45, 2.75) is 37.4 Å². The van der Waals surface area contributed by atoms with E-state index in [4.69, 9.17) is 4.74 Å². The lowest BCUT2D eigenvalue weighted by Crippen LogP contribution is -2.53. The molecule has 2 saturated heterocycles. The zero-order valence-electron chi connectivity index (χ0n) is 17.2. The number of ketones is 1. The molecule has 3 atom stereocenters. The van der Waals surface area contributed by atoms with Crippen LogP contribution in [0, 0.1) is 0 Å². The highest BCUT2D eigenvalue weighted by molar-refractivity contribution is 5.99. The molecular formula is C22H20F3N3O5. The number of carbonyl (C=O) groups is 3. The fraction of sp³-hybridized carbons (Fsp3) is 0.364. The number of hydrogen-bond donors (Lipinski definition) is 1. The molecule has 2 amide bonds. The van der Waals surface area contributed by atoms with Crippen LogP contribution < -0.4 is 10.1 Å². The summed E-state index contributed by atoms with van der Waals surface area (Å²) in [7, 11) is 0. The van der Waals surface area contributed by atoms with Crippen LogP contribution in [0.4, 0.5) is 13.2 Å².